The Morgan fingerprint density at radius 1 is 1.31 bits per heavy atom. The summed E-state index contributed by atoms with van der Waals surface area (Å²) < 4.78 is 0. The first-order valence-corrected chi connectivity index (χ1v) is 4.96. The van der Waals surface area contributed by atoms with Gasteiger partial charge in [0.1, 0.15) is 0 Å². The van der Waals surface area contributed by atoms with Gasteiger partial charge in [0.2, 0.25) is 0 Å². The summed E-state index contributed by atoms with van der Waals surface area (Å²) in [7, 11) is 0. The van der Waals surface area contributed by atoms with Gasteiger partial charge in [-0.15, -0.1) is 0 Å². The zero-order valence-corrected chi connectivity index (χ0v) is 8.60. The van der Waals surface area contributed by atoms with Gasteiger partial charge in [0.05, 0.1) is 4.91 Å². The fraction of sp³-hybridized carbons (Fsp3) is 0.182. The Kier molecular flexibility index (Phi) is 3.77. The van der Waals surface area contributed by atoms with E-state index in [1.807, 2.05) is 43.3 Å². The third-order valence-electron chi connectivity index (χ3n) is 1.58. The van der Waals surface area contributed by atoms with E-state index < -0.39 is 0 Å². The Morgan fingerprint density at radius 3 is 2.38 bits per heavy atom. The van der Waals surface area contributed by atoms with Gasteiger partial charge in [-0.1, -0.05) is 36.0 Å². The summed E-state index contributed by atoms with van der Waals surface area (Å²) in [5, 5.41) is 0. The van der Waals surface area contributed by atoms with Gasteiger partial charge in [-0.25, -0.2) is 0 Å². The quantitative estimate of drug-likeness (QED) is 0.540. The molecule has 0 radical (unpaired) electrons. The van der Waals surface area contributed by atoms with Crippen molar-refractivity contribution in [1.29, 1.82) is 0 Å². The molecule has 0 aliphatic carbocycles. The Hall–Kier alpha value is -1.02. The molecule has 0 saturated heterocycles. The molecule has 1 nitrogen and oxygen atoms in total. The van der Waals surface area contributed by atoms with E-state index in [1.54, 1.807) is 6.92 Å². The minimum atomic E-state index is 0.122. The van der Waals surface area contributed by atoms with E-state index >= 15 is 0 Å². The minimum Gasteiger partial charge on any atom is -0.294 e. The van der Waals surface area contributed by atoms with Crippen molar-refractivity contribution in [3.63, 3.8) is 0 Å². The third kappa shape index (κ3) is 3.07. The number of benzene rings is 1. The van der Waals surface area contributed by atoms with E-state index in [4.69, 9.17) is 0 Å². The number of carbonyl (C=O) groups excluding carboxylic acids is 1. The molecule has 0 heterocycles. The zero-order chi connectivity index (χ0) is 9.68. The molecule has 13 heavy (non-hydrogen) atoms. The van der Waals surface area contributed by atoms with Crippen LogP contribution in [0.15, 0.2) is 46.2 Å². The zero-order valence-electron chi connectivity index (χ0n) is 7.78. The van der Waals surface area contributed by atoms with Crippen LogP contribution in [0.5, 0.6) is 0 Å². The Morgan fingerprint density at radius 2 is 1.92 bits per heavy atom. The van der Waals surface area contributed by atoms with Gasteiger partial charge in [0.25, 0.3) is 0 Å². The predicted molar refractivity (Wildman–Crippen MR) is 56.7 cm³/mol. The lowest BCUT2D eigenvalue weighted by Crippen LogP contribution is -1.90. The highest BCUT2D eigenvalue weighted by Gasteiger charge is 2.03. The van der Waals surface area contributed by atoms with Crippen LogP contribution in [0.2, 0.25) is 0 Å². The molecule has 0 atom stereocenters. The van der Waals surface area contributed by atoms with Gasteiger partial charge in [0, 0.05) is 4.90 Å². The second kappa shape index (κ2) is 4.87. The molecule has 0 saturated carbocycles. The topological polar surface area (TPSA) is 17.1 Å². The summed E-state index contributed by atoms with van der Waals surface area (Å²) in [6, 6.07) is 9.90. The van der Waals surface area contributed by atoms with Gasteiger partial charge in [-0.3, -0.25) is 4.79 Å². The molecule has 0 amide bonds. The van der Waals surface area contributed by atoms with Crippen LogP contribution in [-0.2, 0) is 4.79 Å². The van der Waals surface area contributed by atoms with E-state index in [-0.39, 0.29) is 5.78 Å². The molecule has 0 bridgehead atoms. The van der Waals surface area contributed by atoms with Crippen molar-refractivity contribution in [3.8, 4) is 0 Å². The van der Waals surface area contributed by atoms with E-state index in [1.165, 1.54) is 11.8 Å². The molecule has 0 unspecified atom stereocenters. The SMILES string of the molecule is CC=C(Sc1ccccc1)C(C)=O. The largest absolute Gasteiger partial charge is 0.294 e. The first-order valence-electron chi connectivity index (χ1n) is 4.14. The molecule has 2 heteroatoms. The van der Waals surface area contributed by atoms with Crippen molar-refractivity contribution in [1.82, 2.24) is 0 Å². The summed E-state index contributed by atoms with van der Waals surface area (Å²) >= 11 is 1.51. The van der Waals surface area contributed by atoms with Crippen LogP contribution < -0.4 is 0 Å². The second-order valence-electron chi connectivity index (χ2n) is 2.62. The number of hydrogen-bond donors (Lipinski definition) is 0. The van der Waals surface area contributed by atoms with Crippen molar-refractivity contribution in [2.45, 2.75) is 18.7 Å². The maximum atomic E-state index is 11.1. The average Bonchev–Trinajstić information content (AvgIpc) is 2.15. The molecule has 0 N–H and O–H groups in total. The van der Waals surface area contributed by atoms with E-state index in [9.17, 15) is 4.79 Å². The number of thioether (sulfide) groups is 1. The van der Waals surface area contributed by atoms with Crippen molar-refractivity contribution in [3.05, 3.63) is 41.3 Å². The molecule has 0 aromatic heterocycles. The number of carbonyl (C=O) groups is 1. The van der Waals surface area contributed by atoms with Crippen LogP contribution in [-0.4, -0.2) is 5.78 Å². The first kappa shape index (κ1) is 10.1. The molecule has 1 aromatic rings. The van der Waals surface area contributed by atoms with Crippen LogP contribution >= 0.6 is 11.8 Å². The Bertz CT molecular complexity index is 314. The van der Waals surface area contributed by atoms with Crippen molar-refractivity contribution in [2.75, 3.05) is 0 Å². The van der Waals surface area contributed by atoms with Gasteiger partial charge in [-0.2, -0.15) is 0 Å². The van der Waals surface area contributed by atoms with Crippen LogP contribution in [0.1, 0.15) is 13.8 Å². The van der Waals surface area contributed by atoms with Crippen molar-refractivity contribution in [2.24, 2.45) is 0 Å². The van der Waals surface area contributed by atoms with Crippen molar-refractivity contribution >= 4 is 17.5 Å². The number of hydrogen-bond acceptors (Lipinski definition) is 2. The highest BCUT2D eigenvalue weighted by molar-refractivity contribution is 8.04. The third-order valence-corrected chi connectivity index (χ3v) is 2.83. The number of rotatable bonds is 3. The summed E-state index contributed by atoms with van der Waals surface area (Å²) in [6.45, 7) is 3.47. The molecule has 0 aliphatic heterocycles. The Labute approximate surface area is 82.9 Å². The maximum absolute atomic E-state index is 11.1. The van der Waals surface area contributed by atoms with E-state index in [0.717, 1.165) is 9.80 Å². The van der Waals surface area contributed by atoms with Crippen molar-refractivity contribution < 1.29 is 4.79 Å². The highest BCUT2D eigenvalue weighted by atomic mass is 32.2. The van der Waals surface area contributed by atoms with Gasteiger partial charge in [0.15, 0.2) is 5.78 Å². The Balaban J connectivity index is 2.74. The first-order chi connectivity index (χ1) is 6.24. The van der Waals surface area contributed by atoms with Gasteiger partial charge in [-0.05, 0) is 26.0 Å². The predicted octanol–water partition coefficient (Wildman–Crippen LogP) is 3.27. The molecule has 0 fully saturated rings. The monoisotopic (exact) mass is 192 g/mol. The lowest BCUT2D eigenvalue weighted by molar-refractivity contribution is -0.112. The lowest BCUT2D eigenvalue weighted by atomic mass is 10.4. The van der Waals surface area contributed by atoms with Crippen LogP contribution in [0, 0.1) is 0 Å². The molecule has 0 spiro atoms. The average molecular weight is 192 g/mol. The van der Waals surface area contributed by atoms with Gasteiger partial charge >= 0.3 is 0 Å². The molecular weight excluding hydrogens is 180 g/mol. The molecule has 1 aromatic carbocycles. The molecule has 0 aliphatic rings. The normalized spacial score (nSPS) is 11.4. The maximum Gasteiger partial charge on any atom is 0.166 e. The fourth-order valence-electron chi connectivity index (χ4n) is 0.950. The lowest BCUT2D eigenvalue weighted by Gasteiger charge is -2.01. The smallest absolute Gasteiger partial charge is 0.166 e. The van der Waals surface area contributed by atoms with Crippen LogP contribution in [0.4, 0.5) is 0 Å². The standard InChI is InChI=1S/C11H12OS/c1-3-11(9(2)12)13-10-7-5-4-6-8-10/h3-8H,1-2H3. The summed E-state index contributed by atoms with van der Waals surface area (Å²) in [5.74, 6) is 0.122. The van der Waals surface area contributed by atoms with E-state index in [0.29, 0.717) is 0 Å². The summed E-state index contributed by atoms with van der Waals surface area (Å²) in [5.41, 5.74) is 0. The van der Waals surface area contributed by atoms with Crippen LogP contribution in [0.25, 0.3) is 0 Å². The number of ketones is 1. The summed E-state index contributed by atoms with van der Waals surface area (Å²) in [6.07, 6.45) is 1.85. The molecule has 68 valence electrons. The second-order valence-corrected chi connectivity index (χ2v) is 3.74. The number of allylic oxidation sites excluding steroid dienone is 2. The van der Waals surface area contributed by atoms with E-state index in [2.05, 4.69) is 0 Å². The molecule has 1 rings (SSSR count). The highest BCUT2D eigenvalue weighted by Crippen LogP contribution is 2.26. The van der Waals surface area contributed by atoms with Gasteiger partial charge < -0.3 is 0 Å². The summed E-state index contributed by atoms with van der Waals surface area (Å²) in [4.78, 5) is 13.0. The minimum absolute atomic E-state index is 0.122. The molecular formula is C11H12OS. The van der Waals surface area contributed by atoms with Crippen LogP contribution in [0.3, 0.4) is 0 Å². The fourth-order valence-corrected chi connectivity index (χ4v) is 1.76. The number of Topliss-reactive ketones (excluding diaryl/α,β-unsaturated/α-hetero) is 1.